The van der Waals surface area contributed by atoms with E-state index >= 15 is 0 Å². The predicted molar refractivity (Wildman–Crippen MR) is 109 cm³/mol. The fraction of sp³-hybridized carbons (Fsp3) is 0.238. The van der Waals surface area contributed by atoms with E-state index in [-0.39, 0.29) is 17.4 Å². The van der Waals surface area contributed by atoms with Crippen LogP contribution in [0.3, 0.4) is 0 Å². The van der Waals surface area contributed by atoms with Crippen LogP contribution in [0.5, 0.6) is 5.75 Å². The van der Waals surface area contributed by atoms with Gasteiger partial charge >= 0.3 is 0 Å². The maximum absolute atomic E-state index is 12.6. The number of nitrogens with zero attached hydrogens (tertiary/aromatic N) is 3. The zero-order chi connectivity index (χ0) is 21.0. The van der Waals surface area contributed by atoms with Crippen molar-refractivity contribution in [2.75, 3.05) is 13.6 Å². The number of likely N-dealkylation sites (N-methyl/N-ethyl adjacent to an activating group) is 1. The Kier molecular flexibility index (Phi) is 5.79. The lowest BCUT2D eigenvalue weighted by Crippen LogP contribution is -2.46. The van der Waals surface area contributed by atoms with Gasteiger partial charge in [-0.1, -0.05) is 36.3 Å². The molecule has 0 saturated heterocycles. The average Bonchev–Trinajstić information content (AvgIpc) is 2.71. The van der Waals surface area contributed by atoms with E-state index in [9.17, 15) is 14.7 Å². The highest BCUT2D eigenvalue weighted by molar-refractivity contribution is 6.06. The molecule has 2 heterocycles. The lowest BCUT2D eigenvalue weighted by Gasteiger charge is -2.37. The third-order valence-corrected chi connectivity index (χ3v) is 4.64. The van der Waals surface area contributed by atoms with Gasteiger partial charge in [0, 0.05) is 13.6 Å². The predicted octanol–water partition coefficient (Wildman–Crippen LogP) is 1.46. The van der Waals surface area contributed by atoms with Gasteiger partial charge in [-0.15, -0.1) is 0 Å². The molecule has 0 spiro atoms. The zero-order valence-electron chi connectivity index (χ0n) is 16.1. The minimum atomic E-state index is -0.700. The number of hydrogen-bond donors (Lipinski definition) is 3. The average molecular weight is 391 g/mol. The van der Waals surface area contributed by atoms with Gasteiger partial charge in [0.25, 0.3) is 5.91 Å². The minimum Gasteiger partial charge on any atom is -0.502 e. The van der Waals surface area contributed by atoms with Gasteiger partial charge in [-0.3, -0.25) is 15.0 Å². The van der Waals surface area contributed by atoms with Gasteiger partial charge in [-0.2, -0.15) is 5.10 Å². The molecule has 2 atom stereocenters. The number of aromatic hydroxyl groups is 1. The third-order valence-electron chi connectivity index (χ3n) is 4.64. The van der Waals surface area contributed by atoms with E-state index in [1.165, 1.54) is 9.58 Å². The van der Waals surface area contributed by atoms with E-state index < -0.39 is 23.1 Å². The van der Waals surface area contributed by atoms with Gasteiger partial charge in [0.05, 0.1) is 18.3 Å². The molecular formula is C21H21N5O3. The molecule has 8 nitrogen and oxygen atoms in total. The molecule has 0 unspecified atom stereocenters. The van der Waals surface area contributed by atoms with E-state index in [1.54, 1.807) is 26.2 Å². The highest BCUT2D eigenvalue weighted by Gasteiger charge is 2.37. The number of hydrogen-bond acceptors (Lipinski definition) is 6. The first-order chi connectivity index (χ1) is 13.9. The van der Waals surface area contributed by atoms with E-state index in [2.05, 4.69) is 22.3 Å². The summed E-state index contributed by atoms with van der Waals surface area (Å²) in [7, 11) is 1.61. The van der Waals surface area contributed by atoms with E-state index in [0.29, 0.717) is 6.54 Å². The number of nitrogens with one attached hydrogen (secondary N) is 2. The fourth-order valence-electron chi connectivity index (χ4n) is 3.28. The number of amides is 1. The van der Waals surface area contributed by atoms with Crippen LogP contribution in [0.25, 0.3) is 0 Å². The normalized spacial score (nSPS) is 16.7. The molecule has 148 valence electrons. The summed E-state index contributed by atoms with van der Waals surface area (Å²) in [5, 5.41) is 25.4. The van der Waals surface area contributed by atoms with Crippen molar-refractivity contribution in [1.82, 2.24) is 20.0 Å². The van der Waals surface area contributed by atoms with Crippen LogP contribution in [0, 0.1) is 17.3 Å². The van der Waals surface area contributed by atoms with Crippen molar-refractivity contribution >= 4 is 11.6 Å². The van der Waals surface area contributed by atoms with Crippen molar-refractivity contribution in [2.24, 2.45) is 0 Å². The van der Waals surface area contributed by atoms with Crippen LogP contribution >= 0.6 is 0 Å². The molecule has 0 bridgehead atoms. The molecule has 1 aromatic heterocycles. The fourth-order valence-corrected chi connectivity index (χ4v) is 3.28. The van der Waals surface area contributed by atoms with Gasteiger partial charge in [0.15, 0.2) is 11.4 Å². The molecule has 0 aliphatic carbocycles. The van der Waals surface area contributed by atoms with Crippen LogP contribution in [0.15, 0.2) is 53.6 Å². The van der Waals surface area contributed by atoms with Crippen molar-refractivity contribution in [2.45, 2.75) is 19.0 Å². The van der Waals surface area contributed by atoms with Crippen LogP contribution in [-0.4, -0.2) is 45.0 Å². The maximum Gasteiger partial charge on any atom is 0.275 e. The monoisotopic (exact) mass is 391 g/mol. The Morgan fingerprint density at radius 2 is 2.10 bits per heavy atom. The Bertz CT molecular complexity index is 1080. The second-order valence-corrected chi connectivity index (χ2v) is 6.58. The van der Waals surface area contributed by atoms with Gasteiger partial charge in [0.2, 0.25) is 5.43 Å². The lowest BCUT2D eigenvalue weighted by molar-refractivity contribution is 0.0674. The van der Waals surface area contributed by atoms with Crippen LogP contribution in [0.2, 0.25) is 0 Å². The summed E-state index contributed by atoms with van der Waals surface area (Å²) in [6, 6.07) is 8.80. The Hall–Kier alpha value is -3.86. The van der Waals surface area contributed by atoms with Gasteiger partial charge in [-0.25, -0.2) is 4.68 Å². The maximum atomic E-state index is 12.6. The molecule has 3 N–H and O–H groups in total. The summed E-state index contributed by atoms with van der Waals surface area (Å²) < 4.78 is 1.40. The zero-order valence-corrected chi connectivity index (χ0v) is 16.1. The number of fused-ring (bicyclic) bond motifs is 1. The molecule has 1 amide bonds. The van der Waals surface area contributed by atoms with E-state index in [4.69, 9.17) is 5.41 Å². The number of allylic oxidation sites excluding steroid dienone is 1. The first-order valence-electron chi connectivity index (χ1n) is 8.99. The van der Waals surface area contributed by atoms with Gasteiger partial charge in [-0.05, 0) is 30.7 Å². The molecular weight excluding hydrogens is 370 g/mol. The molecule has 0 fully saturated rings. The van der Waals surface area contributed by atoms with Gasteiger partial charge in [0.1, 0.15) is 5.71 Å². The molecule has 0 radical (unpaired) electrons. The smallest absolute Gasteiger partial charge is 0.275 e. The number of aromatic nitrogens is 2. The Labute approximate surface area is 168 Å². The first-order valence-corrected chi connectivity index (χ1v) is 8.99. The summed E-state index contributed by atoms with van der Waals surface area (Å²) in [4.78, 5) is 25.8. The molecule has 3 rings (SSSR count). The molecule has 1 aliphatic heterocycles. The summed E-state index contributed by atoms with van der Waals surface area (Å²) in [5.74, 6) is 4.24. The molecule has 1 aromatic carbocycles. The van der Waals surface area contributed by atoms with Crippen molar-refractivity contribution in [1.29, 1.82) is 5.41 Å². The molecule has 2 aromatic rings. The highest BCUT2D eigenvalue weighted by atomic mass is 16.3. The second kappa shape index (κ2) is 8.44. The van der Waals surface area contributed by atoms with E-state index in [1.807, 2.05) is 30.3 Å². The third kappa shape index (κ3) is 4.04. The van der Waals surface area contributed by atoms with Crippen LogP contribution in [0.1, 0.15) is 35.1 Å². The highest BCUT2D eigenvalue weighted by Crippen LogP contribution is 2.32. The standard InChI is InChI=1S/C21H21N5O3/c1-3-7-15(22)10-11-23-18(14-8-5-4-6-9-14)16-13-25(2)21(29)19-20(28)17(27)12-24-26(16)19/h4-6,8-12,16,18,22-23,28H,13H2,1-2H3/b11-10-,22-15?/t16-,18-/m0/s1. The Balaban J connectivity index is 2.06. The van der Waals surface area contributed by atoms with E-state index in [0.717, 1.165) is 11.8 Å². The van der Waals surface area contributed by atoms with Crippen molar-refractivity contribution in [3.8, 4) is 17.6 Å². The van der Waals surface area contributed by atoms with Crippen molar-refractivity contribution in [3.05, 3.63) is 70.3 Å². The minimum absolute atomic E-state index is 0.132. The summed E-state index contributed by atoms with van der Waals surface area (Å²) in [5.41, 5.74) is 0.244. The topological polar surface area (TPSA) is 111 Å². The van der Waals surface area contributed by atoms with Crippen molar-refractivity contribution in [3.63, 3.8) is 0 Å². The Morgan fingerprint density at radius 1 is 1.38 bits per heavy atom. The van der Waals surface area contributed by atoms with Crippen molar-refractivity contribution < 1.29 is 9.90 Å². The number of rotatable bonds is 5. The SMILES string of the molecule is CC#CC(=N)/C=C\N[C@@H](c1ccccc1)[C@@H]1CN(C)C(=O)c2c(O)c(=O)cnn21. The number of benzene rings is 1. The molecule has 29 heavy (non-hydrogen) atoms. The second-order valence-electron chi connectivity index (χ2n) is 6.58. The van der Waals surface area contributed by atoms with Crippen LogP contribution in [0.4, 0.5) is 0 Å². The van der Waals surface area contributed by atoms with Crippen LogP contribution < -0.4 is 10.7 Å². The molecule has 8 heteroatoms. The number of carbonyl (C=O) groups is 1. The number of carbonyl (C=O) groups excluding carboxylic acids is 1. The summed E-state index contributed by atoms with van der Waals surface area (Å²) >= 11 is 0. The summed E-state index contributed by atoms with van der Waals surface area (Å²) in [6.07, 6.45) is 4.18. The first kappa shape index (κ1) is 19.9. The quantitative estimate of drug-likeness (QED) is 0.528. The largest absolute Gasteiger partial charge is 0.502 e. The molecule has 1 aliphatic rings. The van der Waals surface area contributed by atoms with Gasteiger partial charge < -0.3 is 15.3 Å². The van der Waals surface area contributed by atoms with Crippen LogP contribution in [-0.2, 0) is 0 Å². The summed E-state index contributed by atoms with van der Waals surface area (Å²) in [6.45, 7) is 1.97. The lowest BCUT2D eigenvalue weighted by atomic mass is 9.96. The molecule has 0 saturated carbocycles. The Morgan fingerprint density at radius 3 is 2.79 bits per heavy atom.